The summed E-state index contributed by atoms with van der Waals surface area (Å²) in [4.78, 5) is 0. The number of aromatic nitrogens is 2. The number of benzene rings is 1. The highest BCUT2D eigenvalue weighted by Gasteiger charge is 2.07. The van der Waals surface area contributed by atoms with Crippen LogP contribution in [0.25, 0.3) is 5.69 Å². The van der Waals surface area contributed by atoms with E-state index in [4.69, 9.17) is 17.3 Å². The van der Waals surface area contributed by atoms with E-state index in [1.807, 2.05) is 24.4 Å². The minimum absolute atomic E-state index is 0.186. The Kier molecular flexibility index (Phi) is 4.43. The van der Waals surface area contributed by atoms with Crippen LogP contribution in [0.2, 0.25) is 5.02 Å². The van der Waals surface area contributed by atoms with Gasteiger partial charge in [-0.15, -0.1) is 0 Å². The van der Waals surface area contributed by atoms with Crippen LogP contribution >= 0.6 is 27.5 Å². The van der Waals surface area contributed by atoms with E-state index in [0.717, 1.165) is 28.6 Å². The number of rotatable bonds is 4. The van der Waals surface area contributed by atoms with Crippen molar-refractivity contribution in [1.82, 2.24) is 9.78 Å². The molecule has 18 heavy (non-hydrogen) atoms. The molecule has 96 valence electrons. The summed E-state index contributed by atoms with van der Waals surface area (Å²) in [6, 6.07) is 6.17. The van der Waals surface area contributed by atoms with E-state index in [9.17, 15) is 0 Å². The summed E-state index contributed by atoms with van der Waals surface area (Å²) < 4.78 is 2.67. The second-order valence-electron chi connectivity index (χ2n) is 4.26. The van der Waals surface area contributed by atoms with Gasteiger partial charge >= 0.3 is 0 Å². The van der Waals surface area contributed by atoms with Gasteiger partial charge in [-0.05, 0) is 46.5 Å². The molecule has 0 amide bonds. The monoisotopic (exact) mass is 327 g/mol. The molecule has 0 bridgehead atoms. The molecule has 0 saturated carbocycles. The first-order valence-corrected chi connectivity index (χ1v) is 7.01. The maximum absolute atomic E-state index is 6.28. The van der Waals surface area contributed by atoms with Crippen LogP contribution in [0.4, 0.5) is 0 Å². The zero-order chi connectivity index (χ0) is 13.1. The van der Waals surface area contributed by atoms with E-state index in [1.165, 1.54) is 0 Å². The standard InChI is InChI=1S/C13H15BrClN3/c1-2-11(16)5-9-3-4-13(12(15)6-9)18-8-10(14)7-17-18/h3-4,6-8,11H,2,5,16H2,1H3. The van der Waals surface area contributed by atoms with Crippen molar-refractivity contribution in [2.24, 2.45) is 5.73 Å². The van der Waals surface area contributed by atoms with Gasteiger partial charge in [-0.3, -0.25) is 0 Å². The Morgan fingerprint density at radius 3 is 2.83 bits per heavy atom. The van der Waals surface area contributed by atoms with Gasteiger partial charge in [-0.1, -0.05) is 24.6 Å². The number of hydrogen-bond acceptors (Lipinski definition) is 2. The second kappa shape index (κ2) is 5.87. The lowest BCUT2D eigenvalue weighted by Crippen LogP contribution is -2.21. The molecular weight excluding hydrogens is 314 g/mol. The normalized spacial score (nSPS) is 12.7. The van der Waals surface area contributed by atoms with Crippen molar-refractivity contribution in [3.05, 3.63) is 45.7 Å². The Morgan fingerprint density at radius 1 is 1.50 bits per heavy atom. The third kappa shape index (κ3) is 3.13. The fourth-order valence-corrected chi connectivity index (χ4v) is 2.32. The molecule has 0 aliphatic rings. The Hall–Kier alpha value is -0.840. The molecule has 1 atom stereocenters. The highest BCUT2D eigenvalue weighted by atomic mass is 79.9. The molecule has 5 heteroatoms. The van der Waals surface area contributed by atoms with Crippen molar-refractivity contribution in [3.63, 3.8) is 0 Å². The van der Waals surface area contributed by atoms with Crippen LogP contribution in [-0.4, -0.2) is 15.8 Å². The van der Waals surface area contributed by atoms with Gasteiger partial charge in [0.25, 0.3) is 0 Å². The van der Waals surface area contributed by atoms with Crippen LogP contribution in [0.15, 0.2) is 35.1 Å². The molecule has 1 aromatic carbocycles. The van der Waals surface area contributed by atoms with Gasteiger partial charge in [-0.2, -0.15) is 5.10 Å². The molecule has 0 aliphatic carbocycles. The number of nitrogens with two attached hydrogens (primary N) is 1. The third-order valence-electron chi connectivity index (χ3n) is 2.83. The SMILES string of the molecule is CCC(N)Cc1ccc(-n2cc(Br)cn2)c(Cl)c1. The maximum atomic E-state index is 6.28. The van der Waals surface area contributed by atoms with Crippen LogP contribution in [-0.2, 0) is 6.42 Å². The van der Waals surface area contributed by atoms with Gasteiger partial charge < -0.3 is 5.73 Å². The lowest BCUT2D eigenvalue weighted by Gasteiger charge is -2.11. The Balaban J connectivity index is 2.25. The summed E-state index contributed by atoms with van der Waals surface area (Å²) in [5.74, 6) is 0. The molecule has 0 radical (unpaired) electrons. The first-order valence-electron chi connectivity index (χ1n) is 5.84. The topological polar surface area (TPSA) is 43.8 Å². The van der Waals surface area contributed by atoms with E-state index in [1.54, 1.807) is 10.9 Å². The van der Waals surface area contributed by atoms with Crippen molar-refractivity contribution < 1.29 is 0 Å². The largest absolute Gasteiger partial charge is 0.327 e. The smallest absolute Gasteiger partial charge is 0.0832 e. The molecule has 2 N–H and O–H groups in total. The second-order valence-corrected chi connectivity index (χ2v) is 5.58. The third-order valence-corrected chi connectivity index (χ3v) is 3.54. The fourth-order valence-electron chi connectivity index (χ4n) is 1.74. The maximum Gasteiger partial charge on any atom is 0.0832 e. The number of nitrogens with zero attached hydrogens (tertiary/aromatic N) is 2. The van der Waals surface area contributed by atoms with Crippen molar-refractivity contribution >= 4 is 27.5 Å². The predicted octanol–water partition coefficient (Wildman–Crippen LogP) is 3.57. The van der Waals surface area contributed by atoms with Gasteiger partial charge in [-0.25, -0.2) is 4.68 Å². The molecule has 0 spiro atoms. The molecule has 3 nitrogen and oxygen atoms in total. The molecule has 2 aromatic rings. The summed E-state index contributed by atoms with van der Waals surface area (Å²) in [5, 5.41) is 4.90. The van der Waals surface area contributed by atoms with Crippen molar-refractivity contribution in [1.29, 1.82) is 0 Å². The minimum atomic E-state index is 0.186. The summed E-state index contributed by atoms with van der Waals surface area (Å²) in [7, 11) is 0. The van der Waals surface area contributed by atoms with Crippen molar-refractivity contribution in [2.45, 2.75) is 25.8 Å². The molecule has 0 aliphatic heterocycles. The zero-order valence-corrected chi connectivity index (χ0v) is 12.4. The molecule has 0 fully saturated rings. The van der Waals surface area contributed by atoms with Crippen LogP contribution in [0.1, 0.15) is 18.9 Å². The highest BCUT2D eigenvalue weighted by Crippen LogP contribution is 2.23. The van der Waals surface area contributed by atoms with E-state index in [2.05, 4.69) is 28.0 Å². The van der Waals surface area contributed by atoms with Crippen molar-refractivity contribution in [3.8, 4) is 5.69 Å². The molecule has 1 heterocycles. The quantitative estimate of drug-likeness (QED) is 0.932. The van der Waals surface area contributed by atoms with Crippen LogP contribution in [0, 0.1) is 0 Å². The molecule has 1 aromatic heterocycles. The Morgan fingerprint density at radius 2 is 2.28 bits per heavy atom. The molecule has 0 saturated heterocycles. The highest BCUT2D eigenvalue weighted by molar-refractivity contribution is 9.10. The van der Waals surface area contributed by atoms with E-state index >= 15 is 0 Å². The molecule has 1 unspecified atom stereocenters. The number of hydrogen-bond donors (Lipinski definition) is 1. The fraction of sp³-hybridized carbons (Fsp3) is 0.308. The van der Waals surface area contributed by atoms with Gasteiger partial charge in [0.2, 0.25) is 0 Å². The Bertz CT molecular complexity index is 539. The van der Waals surface area contributed by atoms with Crippen LogP contribution in [0.3, 0.4) is 0 Å². The van der Waals surface area contributed by atoms with E-state index < -0.39 is 0 Å². The minimum Gasteiger partial charge on any atom is -0.327 e. The number of halogens is 2. The van der Waals surface area contributed by atoms with Gasteiger partial charge in [0.1, 0.15) is 0 Å². The lowest BCUT2D eigenvalue weighted by atomic mass is 10.0. The summed E-state index contributed by atoms with van der Waals surface area (Å²) in [6.07, 6.45) is 5.42. The van der Waals surface area contributed by atoms with Gasteiger partial charge in [0, 0.05) is 12.2 Å². The Labute approximate surface area is 120 Å². The summed E-state index contributed by atoms with van der Waals surface area (Å²) in [6.45, 7) is 2.09. The zero-order valence-electron chi connectivity index (χ0n) is 10.1. The average Bonchev–Trinajstić information content (AvgIpc) is 2.75. The first-order chi connectivity index (χ1) is 8.60. The molecule has 2 rings (SSSR count). The van der Waals surface area contributed by atoms with Gasteiger partial charge in [0.15, 0.2) is 0 Å². The van der Waals surface area contributed by atoms with Crippen molar-refractivity contribution in [2.75, 3.05) is 0 Å². The summed E-state index contributed by atoms with van der Waals surface area (Å²) in [5.41, 5.74) is 7.97. The predicted molar refractivity (Wildman–Crippen MR) is 78.2 cm³/mol. The van der Waals surface area contributed by atoms with E-state index in [0.29, 0.717) is 5.02 Å². The summed E-state index contributed by atoms with van der Waals surface area (Å²) >= 11 is 9.65. The average molecular weight is 329 g/mol. The van der Waals surface area contributed by atoms with Gasteiger partial charge in [0.05, 0.1) is 21.4 Å². The van der Waals surface area contributed by atoms with Crippen LogP contribution < -0.4 is 5.73 Å². The van der Waals surface area contributed by atoms with E-state index in [-0.39, 0.29) is 6.04 Å². The first kappa shape index (κ1) is 13.6. The van der Waals surface area contributed by atoms with Crippen LogP contribution in [0.5, 0.6) is 0 Å². The lowest BCUT2D eigenvalue weighted by molar-refractivity contribution is 0.646. The molecular formula is C13H15BrClN3.